The summed E-state index contributed by atoms with van der Waals surface area (Å²) < 4.78 is 0. The molecule has 29 heavy (non-hydrogen) atoms. The van der Waals surface area contributed by atoms with Gasteiger partial charge in [0.05, 0.1) is 6.54 Å². The maximum Gasteiger partial charge on any atom is 0.317 e. The Morgan fingerprint density at radius 3 is 2.38 bits per heavy atom. The molecule has 1 aliphatic heterocycles. The second-order valence-corrected chi connectivity index (χ2v) is 9.13. The predicted molar refractivity (Wildman–Crippen MR) is 111 cm³/mol. The lowest BCUT2D eigenvalue weighted by atomic mass is 9.84. The molecule has 1 aromatic carbocycles. The third-order valence-corrected chi connectivity index (χ3v) is 6.71. The fraction of sp³-hybridized carbons (Fsp3) is 0.652. The number of carbonyl (C=O) groups excluding carboxylic acids is 1. The minimum atomic E-state index is -0.750. The summed E-state index contributed by atoms with van der Waals surface area (Å²) in [6.07, 6.45) is 6.07. The molecule has 0 bridgehead atoms. The molecule has 3 aliphatic rings. The summed E-state index contributed by atoms with van der Waals surface area (Å²) in [5, 5.41) is 12.4. The lowest BCUT2D eigenvalue weighted by Gasteiger charge is -2.43. The van der Waals surface area contributed by atoms with Crippen LogP contribution in [0.15, 0.2) is 30.3 Å². The highest BCUT2D eigenvalue weighted by atomic mass is 16.4. The highest BCUT2D eigenvalue weighted by Crippen LogP contribution is 2.34. The minimum Gasteiger partial charge on any atom is -0.480 e. The molecule has 2 aliphatic carbocycles. The van der Waals surface area contributed by atoms with Gasteiger partial charge in [0, 0.05) is 31.1 Å². The Balaban J connectivity index is 1.16. The van der Waals surface area contributed by atoms with Gasteiger partial charge in [-0.15, -0.1) is 0 Å². The quantitative estimate of drug-likeness (QED) is 0.667. The Labute approximate surface area is 173 Å². The second kappa shape index (κ2) is 9.26. The number of likely N-dealkylation sites (tertiary alicyclic amines) is 1. The molecule has 6 heteroatoms. The first-order chi connectivity index (χ1) is 14.1. The molecule has 1 heterocycles. The first-order valence-electron chi connectivity index (χ1n) is 11.1. The van der Waals surface area contributed by atoms with Crippen LogP contribution in [0.5, 0.6) is 0 Å². The Hall–Kier alpha value is -1.92. The smallest absolute Gasteiger partial charge is 0.317 e. The number of amides is 1. The van der Waals surface area contributed by atoms with Crippen molar-refractivity contribution in [2.45, 2.75) is 57.2 Å². The average molecular weight is 400 g/mol. The van der Waals surface area contributed by atoms with Crippen LogP contribution in [0.3, 0.4) is 0 Å². The third kappa shape index (κ3) is 5.80. The van der Waals surface area contributed by atoms with E-state index >= 15 is 0 Å². The van der Waals surface area contributed by atoms with Crippen LogP contribution in [0.25, 0.3) is 0 Å². The van der Waals surface area contributed by atoms with Crippen LogP contribution in [0.4, 0.5) is 0 Å². The number of benzene rings is 1. The van der Waals surface area contributed by atoms with E-state index in [2.05, 4.69) is 39.4 Å². The van der Waals surface area contributed by atoms with Gasteiger partial charge in [0.25, 0.3) is 0 Å². The van der Waals surface area contributed by atoms with Crippen LogP contribution >= 0.6 is 0 Å². The number of rotatable bonds is 9. The Kier molecular flexibility index (Phi) is 6.50. The van der Waals surface area contributed by atoms with E-state index in [0.29, 0.717) is 12.0 Å². The fourth-order valence-corrected chi connectivity index (χ4v) is 4.67. The van der Waals surface area contributed by atoms with Crippen molar-refractivity contribution in [1.82, 2.24) is 15.1 Å². The number of carboxylic acid groups (broad SMARTS) is 1. The molecule has 4 rings (SSSR count). The van der Waals surface area contributed by atoms with Crippen molar-refractivity contribution >= 4 is 11.9 Å². The van der Waals surface area contributed by atoms with Crippen LogP contribution in [0.1, 0.15) is 44.1 Å². The van der Waals surface area contributed by atoms with Gasteiger partial charge in [0.15, 0.2) is 0 Å². The molecule has 2 N–H and O–H groups in total. The summed E-state index contributed by atoms with van der Waals surface area (Å²) in [6, 6.07) is 11.0. The summed E-state index contributed by atoms with van der Waals surface area (Å²) in [7, 11) is 0. The zero-order valence-corrected chi connectivity index (χ0v) is 17.1. The molecule has 3 fully saturated rings. The van der Waals surface area contributed by atoms with E-state index in [1.807, 2.05) is 6.07 Å². The largest absolute Gasteiger partial charge is 0.480 e. The van der Waals surface area contributed by atoms with Crippen molar-refractivity contribution in [2.75, 3.05) is 26.2 Å². The minimum absolute atomic E-state index is 0.114. The van der Waals surface area contributed by atoms with Gasteiger partial charge in [-0.25, -0.2) is 0 Å². The lowest BCUT2D eigenvalue weighted by Crippen LogP contribution is -2.56. The van der Waals surface area contributed by atoms with Crippen LogP contribution in [-0.4, -0.2) is 65.0 Å². The van der Waals surface area contributed by atoms with E-state index in [9.17, 15) is 9.59 Å². The number of carboxylic acids is 1. The fourth-order valence-electron chi connectivity index (χ4n) is 4.67. The zero-order valence-electron chi connectivity index (χ0n) is 17.1. The van der Waals surface area contributed by atoms with Gasteiger partial charge in [-0.1, -0.05) is 30.3 Å². The molecule has 1 amide bonds. The average Bonchev–Trinajstić information content (AvgIpc) is 3.49. The molecule has 0 radical (unpaired) electrons. The number of nitrogens with zero attached hydrogens (tertiary/aromatic N) is 2. The van der Waals surface area contributed by atoms with Gasteiger partial charge < -0.3 is 10.4 Å². The topological polar surface area (TPSA) is 72.9 Å². The van der Waals surface area contributed by atoms with Crippen LogP contribution in [-0.2, 0) is 16.1 Å². The number of piperidine rings is 1. The lowest BCUT2D eigenvalue weighted by molar-refractivity contribution is -0.140. The normalized spacial score (nSPS) is 25.6. The van der Waals surface area contributed by atoms with E-state index < -0.39 is 5.97 Å². The molecule has 6 nitrogen and oxygen atoms in total. The molecule has 1 saturated heterocycles. The van der Waals surface area contributed by atoms with Crippen molar-refractivity contribution in [2.24, 2.45) is 11.8 Å². The van der Waals surface area contributed by atoms with Gasteiger partial charge in [0.1, 0.15) is 0 Å². The number of nitrogens with one attached hydrogen (secondary N) is 1. The van der Waals surface area contributed by atoms with Crippen LogP contribution in [0.2, 0.25) is 0 Å². The summed E-state index contributed by atoms with van der Waals surface area (Å²) in [6.45, 7) is 3.92. The number of hydrogen-bond acceptors (Lipinski definition) is 4. The molecule has 1 aromatic rings. The van der Waals surface area contributed by atoms with E-state index in [-0.39, 0.29) is 24.4 Å². The zero-order chi connectivity index (χ0) is 20.2. The van der Waals surface area contributed by atoms with Crippen molar-refractivity contribution in [1.29, 1.82) is 0 Å². The van der Waals surface area contributed by atoms with Gasteiger partial charge in [-0.3, -0.25) is 19.4 Å². The number of carbonyl (C=O) groups is 2. The maximum atomic E-state index is 12.7. The van der Waals surface area contributed by atoms with E-state index in [1.165, 1.54) is 18.4 Å². The van der Waals surface area contributed by atoms with Crippen LogP contribution in [0, 0.1) is 11.8 Å². The summed E-state index contributed by atoms with van der Waals surface area (Å²) in [5.41, 5.74) is 1.33. The molecule has 0 unspecified atom stereocenters. The van der Waals surface area contributed by atoms with Gasteiger partial charge in [0.2, 0.25) is 5.91 Å². The molecule has 0 spiro atoms. The second-order valence-electron chi connectivity index (χ2n) is 9.13. The molecule has 158 valence electrons. The van der Waals surface area contributed by atoms with Gasteiger partial charge in [-0.05, 0) is 63.1 Å². The van der Waals surface area contributed by atoms with Crippen molar-refractivity contribution < 1.29 is 14.7 Å². The summed E-state index contributed by atoms with van der Waals surface area (Å²) in [5.74, 6) is 0.243. The van der Waals surface area contributed by atoms with Gasteiger partial charge >= 0.3 is 5.97 Å². The SMILES string of the molecule is O=C(O)CN(CC1CC1)C1CC(NC(=O)C2CCN(Cc3ccccc3)CC2)C1. The van der Waals surface area contributed by atoms with E-state index in [4.69, 9.17) is 5.11 Å². The highest BCUT2D eigenvalue weighted by Gasteiger charge is 2.38. The van der Waals surface area contributed by atoms with Crippen molar-refractivity contribution in [3.05, 3.63) is 35.9 Å². The molecule has 0 atom stereocenters. The predicted octanol–water partition coefficient (Wildman–Crippen LogP) is 2.34. The molecular weight excluding hydrogens is 366 g/mol. The third-order valence-electron chi connectivity index (χ3n) is 6.71. The molecule has 2 saturated carbocycles. The van der Waals surface area contributed by atoms with Crippen molar-refractivity contribution in [3.63, 3.8) is 0 Å². The monoisotopic (exact) mass is 399 g/mol. The number of aliphatic carboxylic acids is 1. The van der Waals surface area contributed by atoms with Crippen molar-refractivity contribution in [3.8, 4) is 0 Å². The van der Waals surface area contributed by atoms with E-state index in [1.54, 1.807) is 0 Å². The molecular formula is C23H33N3O3. The Bertz CT molecular complexity index is 693. The first kappa shape index (κ1) is 20.4. The highest BCUT2D eigenvalue weighted by molar-refractivity contribution is 5.79. The standard InChI is InChI=1S/C23H33N3O3/c27-22(28)16-26(15-18-6-7-18)21-12-20(13-21)24-23(29)19-8-10-25(11-9-19)14-17-4-2-1-3-5-17/h1-5,18-21H,6-16H2,(H,24,29)(H,27,28). The first-order valence-corrected chi connectivity index (χ1v) is 11.1. The Morgan fingerprint density at radius 1 is 1.07 bits per heavy atom. The summed E-state index contributed by atoms with van der Waals surface area (Å²) >= 11 is 0. The molecule has 0 aromatic heterocycles. The van der Waals surface area contributed by atoms with Gasteiger partial charge in [-0.2, -0.15) is 0 Å². The summed E-state index contributed by atoms with van der Waals surface area (Å²) in [4.78, 5) is 28.4. The number of hydrogen-bond donors (Lipinski definition) is 2. The van der Waals surface area contributed by atoms with Crippen LogP contribution < -0.4 is 5.32 Å². The maximum absolute atomic E-state index is 12.7. The van der Waals surface area contributed by atoms with E-state index in [0.717, 1.165) is 51.9 Å². The Morgan fingerprint density at radius 2 is 1.76 bits per heavy atom.